The summed E-state index contributed by atoms with van der Waals surface area (Å²) >= 11 is 0. The molecule has 3 atom stereocenters. The van der Waals surface area contributed by atoms with Crippen LogP contribution in [0, 0.1) is 23.8 Å². The van der Waals surface area contributed by atoms with E-state index in [-0.39, 0.29) is 73.6 Å². The van der Waals surface area contributed by atoms with Gasteiger partial charge in [-0.3, -0.25) is 9.18 Å². The molecule has 0 aromatic heterocycles. The Labute approximate surface area is 262 Å². The molecule has 5 rings (SSSR count). The van der Waals surface area contributed by atoms with Crippen molar-refractivity contribution in [3.8, 4) is 0 Å². The van der Waals surface area contributed by atoms with Gasteiger partial charge in [-0.25, -0.2) is 6.29 Å². The molecule has 5 N–H and O–H groups in total. The standard InChI is InChI=1S/C22H21FN2O6.C6H10NO.Mn.Mo/c1-25(2)17-11-6-9-5-10-8(7-23)3-4-12(26)14(10)18(27)13(9)19(28)15(11)20(29)16(21(17)30)22(24)31;8-6-5-7-3-1-2-4-7;;/h3,9,11,17,27-28,30H,5-7H2,1-2H3,(H2,24,31);1-5H2;;/q-2;-1;+2;/t9-,11+,17-;;;/m0.../s1. The molecule has 1 aliphatic heterocycles. The van der Waals surface area contributed by atoms with Crippen molar-refractivity contribution in [2.75, 3.05) is 40.4 Å². The van der Waals surface area contributed by atoms with Crippen LogP contribution in [0.4, 0.5) is 4.39 Å². The topological polar surface area (TPSA) is 161 Å². The number of allylic oxidation sites excluding steroid dienone is 7. The van der Waals surface area contributed by atoms with E-state index in [0.717, 1.165) is 13.1 Å². The van der Waals surface area contributed by atoms with E-state index in [2.05, 4.69) is 11.0 Å². The molecule has 0 spiro atoms. The van der Waals surface area contributed by atoms with Crippen molar-refractivity contribution < 1.29 is 77.0 Å². The summed E-state index contributed by atoms with van der Waals surface area (Å²) in [6.07, 6.45) is 8.38. The molecule has 0 unspecified atom stereocenters. The minimum Gasteiger partial charge on any atom is -0.541 e. The molecule has 1 saturated heterocycles. The quantitative estimate of drug-likeness (QED) is 0.190. The van der Waals surface area contributed by atoms with Gasteiger partial charge in [-0.15, -0.1) is 17.2 Å². The fourth-order valence-electron chi connectivity index (χ4n) is 6.17. The maximum Gasteiger partial charge on any atom is 2.00 e. The van der Waals surface area contributed by atoms with Crippen LogP contribution in [0.1, 0.15) is 25.7 Å². The molecule has 13 heteroatoms. The first-order valence-corrected chi connectivity index (χ1v) is 12.7. The molecule has 1 amide bonds. The number of nitrogens with two attached hydrogens (primary N) is 1. The van der Waals surface area contributed by atoms with Crippen molar-refractivity contribution in [1.29, 1.82) is 0 Å². The van der Waals surface area contributed by atoms with E-state index in [1.807, 2.05) is 6.29 Å². The number of Topliss-reactive ketones (excluding diaryl/α,β-unsaturated/α-hetero) is 2. The number of likely N-dealkylation sites (N-methyl/N-ethyl adjacent to an activating group) is 1. The van der Waals surface area contributed by atoms with Crippen molar-refractivity contribution >= 4 is 23.8 Å². The largest absolute Gasteiger partial charge is 2.00 e. The van der Waals surface area contributed by atoms with Crippen molar-refractivity contribution in [3.05, 3.63) is 63.2 Å². The average Bonchev–Trinajstić information content (AvgIpc) is 3.37. The summed E-state index contributed by atoms with van der Waals surface area (Å²) in [5.74, 6) is -5.63. The second-order valence-electron chi connectivity index (χ2n) is 10.4. The molecular weight excluding hydrogens is 660 g/mol. The average molecular weight is 691 g/mol. The Balaban J connectivity index is 0.000000510. The molecule has 221 valence electrons. The van der Waals surface area contributed by atoms with Crippen molar-refractivity contribution in [2.45, 2.75) is 31.7 Å². The van der Waals surface area contributed by atoms with Crippen molar-refractivity contribution in [3.63, 3.8) is 0 Å². The van der Waals surface area contributed by atoms with Gasteiger partial charge in [-0.1, -0.05) is 42.4 Å². The van der Waals surface area contributed by atoms with Gasteiger partial charge in [0.05, 0.1) is 30.0 Å². The SMILES string of the molecule is CN(C)[C@@H]1C(O)=C(C(N)=O)C(=O)[C-]2C(O)=C3C(O)=C4C(=O)[C-]=CC(CF)=C4C[C@H]3C[C@H]21.O=[C-]CN1CCCC1.[Mn+2].[Mo]. The first-order valence-electron chi connectivity index (χ1n) is 12.7. The van der Waals surface area contributed by atoms with E-state index in [0.29, 0.717) is 12.1 Å². The van der Waals surface area contributed by atoms with Crippen LogP contribution in [0.3, 0.4) is 0 Å². The molecule has 0 aromatic rings. The fourth-order valence-corrected chi connectivity index (χ4v) is 6.17. The van der Waals surface area contributed by atoms with Gasteiger partial charge in [0.1, 0.15) is 0 Å². The molecule has 1 radical (unpaired) electrons. The molecule has 0 bridgehead atoms. The maximum absolute atomic E-state index is 13.5. The predicted octanol–water partition coefficient (Wildman–Crippen LogP) is 1.43. The van der Waals surface area contributed by atoms with Crippen LogP contribution in [0.2, 0.25) is 0 Å². The Hall–Kier alpha value is -2.49. The summed E-state index contributed by atoms with van der Waals surface area (Å²) in [6, 6.07) is -0.817. The molecule has 4 aliphatic carbocycles. The van der Waals surface area contributed by atoms with Gasteiger partial charge in [0.2, 0.25) is 5.91 Å². The molecule has 1 fully saturated rings. The number of rotatable bonds is 5. The van der Waals surface area contributed by atoms with E-state index >= 15 is 0 Å². The normalized spacial score (nSPS) is 25.7. The van der Waals surface area contributed by atoms with Gasteiger partial charge in [0, 0.05) is 38.2 Å². The zero-order valence-corrected chi connectivity index (χ0v) is 25.8. The molecule has 0 saturated carbocycles. The third-order valence-electron chi connectivity index (χ3n) is 7.89. The van der Waals surface area contributed by atoms with Crippen LogP contribution in [0.15, 0.2) is 51.2 Å². The van der Waals surface area contributed by atoms with E-state index in [1.54, 1.807) is 19.0 Å². The number of nitrogens with zero attached hydrogens (tertiary/aromatic N) is 2. The van der Waals surface area contributed by atoms with Gasteiger partial charge < -0.3 is 45.2 Å². The van der Waals surface area contributed by atoms with Gasteiger partial charge in [0.15, 0.2) is 0 Å². The third-order valence-corrected chi connectivity index (χ3v) is 7.89. The summed E-state index contributed by atoms with van der Waals surface area (Å²) in [6.45, 7) is 1.85. The Morgan fingerprint density at radius 1 is 1.24 bits per heavy atom. The number of hydrogen-bond donors (Lipinski definition) is 4. The number of aliphatic hydroxyl groups excluding tert-OH is 3. The molecule has 41 heavy (non-hydrogen) atoms. The van der Waals surface area contributed by atoms with Gasteiger partial charge in [-0.2, -0.15) is 6.08 Å². The van der Waals surface area contributed by atoms with E-state index < -0.39 is 64.9 Å². The van der Waals surface area contributed by atoms with Crippen molar-refractivity contribution in [1.82, 2.24) is 9.80 Å². The number of amides is 1. The summed E-state index contributed by atoms with van der Waals surface area (Å²) < 4.78 is 13.5. The van der Waals surface area contributed by atoms with E-state index in [1.165, 1.54) is 18.9 Å². The van der Waals surface area contributed by atoms with E-state index in [4.69, 9.17) is 5.73 Å². The fraction of sp³-hybridized carbons (Fsp3) is 0.464. The molecular formula is C28H31FMnMoN3O7-. The monoisotopic (exact) mass is 693 g/mol. The Kier molecular flexibility index (Phi) is 12.0. The molecule has 0 aromatic carbocycles. The number of halogens is 1. The van der Waals surface area contributed by atoms with Crippen LogP contribution in [0.25, 0.3) is 0 Å². The van der Waals surface area contributed by atoms with Crippen LogP contribution in [-0.4, -0.2) is 95.3 Å². The summed E-state index contributed by atoms with van der Waals surface area (Å²) in [7, 11) is 3.29. The third kappa shape index (κ3) is 6.32. The van der Waals surface area contributed by atoms with E-state index in [9.17, 15) is 38.9 Å². The van der Waals surface area contributed by atoms with Crippen LogP contribution in [0.5, 0.6) is 0 Å². The number of hydrogen-bond acceptors (Lipinski definition) is 9. The van der Waals surface area contributed by atoms with Crippen LogP contribution in [-0.2, 0) is 57.3 Å². The molecule has 10 nitrogen and oxygen atoms in total. The number of aliphatic hydroxyl groups is 3. The van der Waals surface area contributed by atoms with Crippen LogP contribution < -0.4 is 5.73 Å². The summed E-state index contributed by atoms with van der Waals surface area (Å²) in [5.41, 5.74) is 5.10. The Morgan fingerprint density at radius 2 is 1.88 bits per heavy atom. The van der Waals surface area contributed by atoms with Gasteiger partial charge >= 0.3 is 17.1 Å². The second-order valence-corrected chi connectivity index (χ2v) is 10.4. The number of primary amides is 1. The number of ketones is 2. The number of likely N-dealkylation sites (tertiary alicyclic amines) is 1. The second kappa shape index (κ2) is 14.1. The predicted molar refractivity (Wildman–Crippen MR) is 137 cm³/mol. The van der Waals surface area contributed by atoms with Gasteiger partial charge in [0.25, 0.3) is 0 Å². The zero-order chi connectivity index (χ0) is 28.6. The smallest absolute Gasteiger partial charge is 0.541 e. The molecule has 5 aliphatic rings. The number of carbonyl (C=O) groups is 3. The van der Waals surface area contributed by atoms with Crippen LogP contribution >= 0.6 is 0 Å². The number of carbonyl (C=O) groups excluding carboxylic acids is 4. The minimum atomic E-state index is -1.13. The first kappa shape index (κ1) is 34.7. The summed E-state index contributed by atoms with van der Waals surface area (Å²) in [4.78, 5) is 50.7. The maximum atomic E-state index is 13.5. The van der Waals surface area contributed by atoms with Crippen molar-refractivity contribution in [2.24, 2.45) is 17.6 Å². The molecule has 1 heterocycles. The Morgan fingerprint density at radius 3 is 2.41 bits per heavy atom. The number of fused-ring (bicyclic) bond motifs is 3. The summed E-state index contributed by atoms with van der Waals surface area (Å²) in [5, 5.41) is 32.6. The number of alkyl halides is 1. The van der Waals surface area contributed by atoms with Gasteiger partial charge in [-0.05, 0) is 45.9 Å². The minimum absolute atomic E-state index is 0. The Bertz CT molecular complexity index is 1270. The first-order chi connectivity index (χ1) is 18.5. The zero-order valence-electron chi connectivity index (χ0n) is 22.6.